The molecule has 1 aromatic heterocycles. The van der Waals surface area contributed by atoms with Gasteiger partial charge in [0.2, 0.25) is 0 Å². The third-order valence-corrected chi connectivity index (χ3v) is 6.32. The fourth-order valence-electron chi connectivity index (χ4n) is 3.29. The van der Waals surface area contributed by atoms with Gasteiger partial charge in [-0.1, -0.05) is 36.4 Å². The van der Waals surface area contributed by atoms with Gasteiger partial charge < -0.3 is 10.6 Å². The maximum atomic E-state index is 13.7. The van der Waals surface area contributed by atoms with Crippen LogP contribution in [0.25, 0.3) is 11.1 Å². The molecule has 3 N–H and O–H groups in total. The molecule has 0 spiro atoms. The summed E-state index contributed by atoms with van der Waals surface area (Å²) in [6.07, 6.45) is 3.31. The monoisotopic (exact) mass is 476 g/mol. The SMILES string of the molecule is O=C(NCc1cccnc1)Nc1ccc(NS(=O)(=O)c2ccccc2-c2cccc(F)c2)cc1. The summed E-state index contributed by atoms with van der Waals surface area (Å²) < 4.78 is 42.4. The van der Waals surface area contributed by atoms with Crippen LogP contribution in [0, 0.1) is 5.82 Å². The molecule has 9 heteroatoms. The molecule has 0 saturated carbocycles. The molecule has 2 amide bonds. The Kier molecular flexibility index (Phi) is 6.84. The van der Waals surface area contributed by atoms with Gasteiger partial charge in [0.05, 0.1) is 4.90 Å². The zero-order valence-corrected chi connectivity index (χ0v) is 18.7. The van der Waals surface area contributed by atoms with E-state index in [1.165, 1.54) is 24.3 Å². The molecule has 4 aromatic rings. The van der Waals surface area contributed by atoms with E-state index in [4.69, 9.17) is 0 Å². The highest BCUT2D eigenvalue weighted by Gasteiger charge is 2.19. The topological polar surface area (TPSA) is 100 Å². The molecule has 4 rings (SSSR count). The lowest BCUT2D eigenvalue weighted by Crippen LogP contribution is -2.28. The smallest absolute Gasteiger partial charge is 0.319 e. The van der Waals surface area contributed by atoms with Crippen molar-refractivity contribution in [3.63, 3.8) is 0 Å². The molecule has 172 valence electrons. The number of nitrogens with zero attached hydrogens (tertiary/aromatic N) is 1. The Hall–Kier alpha value is -4.24. The number of halogens is 1. The van der Waals surface area contributed by atoms with E-state index in [0.29, 0.717) is 29.0 Å². The highest BCUT2D eigenvalue weighted by atomic mass is 32.2. The number of carbonyl (C=O) groups is 1. The Balaban J connectivity index is 1.44. The molecule has 0 aliphatic heterocycles. The summed E-state index contributed by atoms with van der Waals surface area (Å²) in [7, 11) is -3.96. The van der Waals surface area contributed by atoms with Gasteiger partial charge in [-0.2, -0.15) is 0 Å². The summed E-state index contributed by atoms with van der Waals surface area (Å²) >= 11 is 0. The molecule has 0 unspecified atom stereocenters. The predicted octanol–water partition coefficient (Wildman–Crippen LogP) is 5.01. The average molecular weight is 477 g/mol. The Morgan fingerprint density at radius 1 is 0.882 bits per heavy atom. The molecular weight excluding hydrogens is 455 g/mol. The van der Waals surface area contributed by atoms with E-state index in [1.54, 1.807) is 67.0 Å². The van der Waals surface area contributed by atoms with E-state index in [0.717, 1.165) is 5.56 Å². The summed E-state index contributed by atoms with van der Waals surface area (Å²) in [5, 5.41) is 5.41. The Morgan fingerprint density at radius 3 is 2.38 bits per heavy atom. The second-order valence-corrected chi connectivity index (χ2v) is 9.01. The zero-order chi connectivity index (χ0) is 24.0. The summed E-state index contributed by atoms with van der Waals surface area (Å²) in [6, 6.07) is 21.6. The lowest BCUT2D eigenvalue weighted by Gasteiger charge is -2.13. The fourth-order valence-corrected chi connectivity index (χ4v) is 4.58. The molecule has 0 fully saturated rings. The quantitative estimate of drug-likeness (QED) is 0.349. The lowest BCUT2D eigenvalue weighted by molar-refractivity contribution is 0.251. The highest BCUT2D eigenvalue weighted by Crippen LogP contribution is 2.29. The highest BCUT2D eigenvalue weighted by molar-refractivity contribution is 7.92. The van der Waals surface area contributed by atoms with E-state index in [-0.39, 0.29) is 4.90 Å². The van der Waals surface area contributed by atoms with Crippen LogP contribution in [-0.2, 0) is 16.6 Å². The van der Waals surface area contributed by atoms with Crippen molar-refractivity contribution in [3.8, 4) is 11.1 Å². The number of sulfonamides is 1. The number of aromatic nitrogens is 1. The van der Waals surface area contributed by atoms with Crippen LogP contribution in [0.15, 0.2) is 102 Å². The number of hydrogen-bond acceptors (Lipinski definition) is 4. The summed E-state index contributed by atoms with van der Waals surface area (Å²) in [5.74, 6) is -0.453. The molecule has 3 aromatic carbocycles. The maximum Gasteiger partial charge on any atom is 0.319 e. The molecule has 0 saturated heterocycles. The van der Waals surface area contributed by atoms with Gasteiger partial charge in [-0.15, -0.1) is 0 Å². The van der Waals surface area contributed by atoms with E-state index in [1.807, 2.05) is 6.07 Å². The molecule has 0 aliphatic carbocycles. The standard InChI is InChI=1S/C25H21FN4O3S/c26-20-7-3-6-19(15-20)23-8-1-2-9-24(23)34(32,33)30-22-12-10-21(11-13-22)29-25(31)28-17-18-5-4-14-27-16-18/h1-16,30H,17H2,(H2,28,29,31). The number of carbonyl (C=O) groups excluding carboxylic acids is 1. The second-order valence-electron chi connectivity index (χ2n) is 7.36. The van der Waals surface area contributed by atoms with Crippen LogP contribution in [0.5, 0.6) is 0 Å². The van der Waals surface area contributed by atoms with Gasteiger partial charge in [0.25, 0.3) is 10.0 Å². The third kappa shape index (κ3) is 5.76. The van der Waals surface area contributed by atoms with Crippen LogP contribution in [0.3, 0.4) is 0 Å². The first-order valence-corrected chi connectivity index (χ1v) is 11.8. The largest absolute Gasteiger partial charge is 0.334 e. The minimum atomic E-state index is -3.96. The fraction of sp³-hybridized carbons (Fsp3) is 0.0400. The van der Waals surface area contributed by atoms with Crippen molar-refractivity contribution in [3.05, 3.63) is 109 Å². The van der Waals surface area contributed by atoms with Gasteiger partial charge in [-0.05, 0) is 59.7 Å². The van der Waals surface area contributed by atoms with E-state index in [2.05, 4.69) is 20.3 Å². The Labute approximate surface area is 196 Å². The number of amides is 2. The number of hydrogen-bond donors (Lipinski definition) is 3. The van der Waals surface area contributed by atoms with Gasteiger partial charge in [0, 0.05) is 35.9 Å². The van der Waals surface area contributed by atoms with Gasteiger partial charge in [0.1, 0.15) is 5.82 Å². The average Bonchev–Trinajstić information content (AvgIpc) is 2.84. The number of pyridine rings is 1. The number of nitrogens with one attached hydrogen (secondary N) is 3. The zero-order valence-electron chi connectivity index (χ0n) is 17.9. The molecule has 0 bridgehead atoms. The van der Waals surface area contributed by atoms with Crippen molar-refractivity contribution in [2.45, 2.75) is 11.4 Å². The molecule has 1 heterocycles. The van der Waals surface area contributed by atoms with E-state index >= 15 is 0 Å². The Morgan fingerprint density at radius 2 is 1.65 bits per heavy atom. The van der Waals surface area contributed by atoms with Crippen molar-refractivity contribution in [2.24, 2.45) is 0 Å². The van der Waals surface area contributed by atoms with Crippen LogP contribution < -0.4 is 15.4 Å². The van der Waals surface area contributed by atoms with Crippen LogP contribution in [0.4, 0.5) is 20.6 Å². The first kappa shape index (κ1) is 22.9. The van der Waals surface area contributed by atoms with Crippen molar-refractivity contribution in [1.29, 1.82) is 0 Å². The number of anilines is 2. The van der Waals surface area contributed by atoms with Crippen molar-refractivity contribution in [1.82, 2.24) is 10.3 Å². The van der Waals surface area contributed by atoms with Gasteiger partial charge in [-0.3, -0.25) is 9.71 Å². The Bertz CT molecular complexity index is 1400. The summed E-state index contributed by atoms with van der Waals surface area (Å²) in [4.78, 5) is 16.1. The molecule has 0 atom stereocenters. The van der Waals surface area contributed by atoms with E-state index in [9.17, 15) is 17.6 Å². The van der Waals surface area contributed by atoms with Gasteiger partial charge in [0.15, 0.2) is 0 Å². The first-order valence-electron chi connectivity index (χ1n) is 10.3. The summed E-state index contributed by atoms with van der Waals surface area (Å²) in [6.45, 7) is 0.322. The molecule has 0 aliphatic rings. The molecule has 0 radical (unpaired) electrons. The minimum Gasteiger partial charge on any atom is -0.334 e. The van der Waals surface area contributed by atoms with Crippen LogP contribution in [0.1, 0.15) is 5.56 Å². The molecule has 34 heavy (non-hydrogen) atoms. The van der Waals surface area contributed by atoms with Crippen LogP contribution >= 0.6 is 0 Å². The number of urea groups is 1. The van der Waals surface area contributed by atoms with Crippen molar-refractivity contribution in [2.75, 3.05) is 10.0 Å². The molecule has 7 nitrogen and oxygen atoms in total. The second kappa shape index (κ2) is 10.1. The first-order chi connectivity index (χ1) is 16.4. The maximum absolute atomic E-state index is 13.7. The number of benzene rings is 3. The van der Waals surface area contributed by atoms with E-state index < -0.39 is 21.9 Å². The van der Waals surface area contributed by atoms with Crippen molar-refractivity contribution >= 4 is 27.4 Å². The molecular formula is C25H21FN4O3S. The number of rotatable bonds is 7. The van der Waals surface area contributed by atoms with Crippen LogP contribution in [0.2, 0.25) is 0 Å². The minimum absolute atomic E-state index is 0.0255. The normalized spacial score (nSPS) is 11.0. The third-order valence-electron chi connectivity index (χ3n) is 4.88. The van der Waals surface area contributed by atoms with Crippen LogP contribution in [-0.4, -0.2) is 19.4 Å². The predicted molar refractivity (Wildman–Crippen MR) is 129 cm³/mol. The lowest BCUT2D eigenvalue weighted by atomic mass is 10.1. The van der Waals surface area contributed by atoms with Crippen molar-refractivity contribution < 1.29 is 17.6 Å². The van der Waals surface area contributed by atoms with Gasteiger partial charge in [-0.25, -0.2) is 17.6 Å². The summed E-state index contributed by atoms with van der Waals surface area (Å²) in [5.41, 5.74) is 2.51. The van der Waals surface area contributed by atoms with Gasteiger partial charge >= 0.3 is 6.03 Å².